The van der Waals surface area contributed by atoms with Crippen LogP contribution in [-0.2, 0) is 11.0 Å². The number of halogens is 3. The van der Waals surface area contributed by atoms with Crippen molar-refractivity contribution in [2.24, 2.45) is 5.41 Å². The van der Waals surface area contributed by atoms with Crippen molar-refractivity contribution in [1.82, 2.24) is 0 Å². The monoisotopic (exact) mass is 400 g/mol. The van der Waals surface area contributed by atoms with E-state index in [0.717, 1.165) is 17.5 Å². The first kappa shape index (κ1) is 20.6. The van der Waals surface area contributed by atoms with Gasteiger partial charge in [0.15, 0.2) is 5.78 Å². The molecule has 0 spiro atoms. The van der Waals surface area contributed by atoms with E-state index in [0.29, 0.717) is 16.5 Å². The number of fused-ring (bicyclic) bond motifs is 1. The number of carboxylic acid groups (broad SMARTS) is 1. The summed E-state index contributed by atoms with van der Waals surface area (Å²) in [4.78, 5) is 24.4. The molecule has 0 aliphatic carbocycles. The van der Waals surface area contributed by atoms with Crippen LogP contribution in [0.2, 0.25) is 0 Å². The number of benzene rings is 3. The molecule has 1 N–H and O–H groups in total. The Balaban J connectivity index is 2.17. The van der Waals surface area contributed by atoms with E-state index < -0.39 is 23.1 Å². The lowest BCUT2D eigenvalue weighted by atomic mass is 9.83. The van der Waals surface area contributed by atoms with Crippen molar-refractivity contribution in [2.75, 3.05) is 0 Å². The Morgan fingerprint density at radius 3 is 2.10 bits per heavy atom. The summed E-state index contributed by atoms with van der Waals surface area (Å²) < 4.78 is 38.8. The third-order valence-corrected chi connectivity index (χ3v) is 4.91. The molecule has 0 radical (unpaired) electrons. The van der Waals surface area contributed by atoms with Crippen LogP contribution in [0.25, 0.3) is 21.9 Å². The van der Waals surface area contributed by atoms with Crippen LogP contribution in [0.3, 0.4) is 0 Å². The maximum atomic E-state index is 13.0. The Morgan fingerprint density at radius 1 is 0.897 bits per heavy atom. The molecule has 0 heterocycles. The van der Waals surface area contributed by atoms with Crippen LogP contribution in [-0.4, -0.2) is 16.9 Å². The highest BCUT2D eigenvalue weighted by Gasteiger charge is 2.32. The van der Waals surface area contributed by atoms with Gasteiger partial charge in [0.2, 0.25) is 0 Å². The van der Waals surface area contributed by atoms with E-state index >= 15 is 0 Å². The highest BCUT2D eigenvalue weighted by atomic mass is 19.4. The normalized spacial score (nSPS) is 12.2. The molecule has 0 saturated heterocycles. The van der Waals surface area contributed by atoms with Gasteiger partial charge >= 0.3 is 12.1 Å². The van der Waals surface area contributed by atoms with E-state index in [9.17, 15) is 27.9 Å². The molecule has 0 amide bonds. The molecular formula is C23H19F3O3. The van der Waals surface area contributed by atoms with Crippen LogP contribution in [0.15, 0.2) is 60.7 Å². The third-order valence-electron chi connectivity index (χ3n) is 4.91. The van der Waals surface area contributed by atoms with E-state index in [1.54, 1.807) is 24.3 Å². The summed E-state index contributed by atoms with van der Waals surface area (Å²) >= 11 is 0. The molecule has 0 unspecified atom stereocenters. The zero-order chi connectivity index (χ0) is 21.4. The second-order valence-corrected chi connectivity index (χ2v) is 7.57. The zero-order valence-corrected chi connectivity index (χ0v) is 15.9. The molecule has 0 saturated carbocycles. The number of alkyl halides is 3. The molecule has 3 nitrogen and oxygen atoms in total. The van der Waals surface area contributed by atoms with Crippen LogP contribution in [0.4, 0.5) is 13.2 Å². The number of carbonyl (C=O) groups is 2. The Labute approximate surface area is 165 Å². The smallest absolute Gasteiger partial charge is 0.416 e. The van der Waals surface area contributed by atoms with Gasteiger partial charge in [0, 0.05) is 17.5 Å². The van der Waals surface area contributed by atoms with E-state index in [-0.39, 0.29) is 17.8 Å². The first-order valence-electron chi connectivity index (χ1n) is 8.97. The maximum absolute atomic E-state index is 13.0. The van der Waals surface area contributed by atoms with Crippen LogP contribution in [0.5, 0.6) is 0 Å². The van der Waals surface area contributed by atoms with Crippen molar-refractivity contribution in [3.63, 3.8) is 0 Å². The number of hydrogen-bond donors (Lipinski definition) is 1. The summed E-state index contributed by atoms with van der Waals surface area (Å²) in [5.74, 6) is -1.47. The molecule has 0 fully saturated rings. The third kappa shape index (κ3) is 4.16. The summed E-state index contributed by atoms with van der Waals surface area (Å²) in [5, 5.41) is 10.9. The molecule has 0 aliphatic heterocycles. The molecule has 3 rings (SSSR count). The molecule has 3 aromatic rings. The van der Waals surface area contributed by atoms with Gasteiger partial charge in [-0.25, -0.2) is 0 Å². The van der Waals surface area contributed by atoms with Crippen molar-refractivity contribution < 1.29 is 27.9 Å². The van der Waals surface area contributed by atoms with E-state index in [2.05, 4.69) is 0 Å². The fraction of sp³-hybridized carbons (Fsp3) is 0.217. The minimum atomic E-state index is -4.46. The van der Waals surface area contributed by atoms with Crippen LogP contribution >= 0.6 is 0 Å². The quantitative estimate of drug-likeness (QED) is 0.518. The Hall–Kier alpha value is -3.15. The number of ketones is 1. The predicted octanol–water partition coefficient (Wildman–Crippen LogP) is 6.21. The van der Waals surface area contributed by atoms with Gasteiger partial charge in [-0.15, -0.1) is 0 Å². The molecule has 150 valence electrons. The van der Waals surface area contributed by atoms with Gasteiger partial charge in [-0.2, -0.15) is 13.2 Å². The van der Waals surface area contributed by atoms with Crippen molar-refractivity contribution in [1.29, 1.82) is 0 Å². The van der Waals surface area contributed by atoms with Crippen LogP contribution in [0.1, 0.15) is 36.2 Å². The molecular weight excluding hydrogens is 381 g/mol. The Bertz CT molecular complexity index is 1080. The lowest BCUT2D eigenvalue weighted by molar-refractivity contribution is -0.146. The van der Waals surface area contributed by atoms with Gasteiger partial charge in [0.25, 0.3) is 0 Å². The van der Waals surface area contributed by atoms with Gasteiger partial charge in [-0.3, -0.25) is 9.59 Å². The molecule has 0 atom stereocenters. The first-order valence-corrected chi connectivity index (χ1v) is 8.97. The van der Waals surface area contributed by atoms with Gasteiger partial charge in [0.05, 0.1) is 11.0 Å². The highest BCUT2D eigenvalue weighted by molar-refractivity contribution is 6.11. The summed E-state index contributed by atoms with van der Waals surface area (Å²) in [6.07, 6.45) is -4.68. The maximum Gasteiger partial charge on any atom is 0.416 e. The molecule has 3 aromatic carbocycles. The summed E-state index contributed by atoms with van der Waals surface area (Å²) in [7, 11) is 0. The number of aliphatic carboxylic acids is 1. The summed E-state index contributed by atoms with van der Waals surface area (Å²) in [6, 6.07) is 15.2. The zero-order valence-electron chi connectivity index (χ0n) is 15.9. The molecule has 6 heteroatoms. The van der Waals surface area contributed by atoms with Gasteiger partial charge in [0.1, 0.15) is 0 Å². The topological polar surface area (TPSA) is 54.4 Å². The Morgan fingerprint density at radius 2 is 1.52 bits per heavy atom. The lowest BCUT2D eigenvalue weighted by Crippen LogP contribution is -2.27. The van der Waals surface area contributed by atoms with Gasteiger partial charge in [-0.1, -0.05) is 48.5 Å². The summed E-state index contributed by atoms with van der Waals surface area (Å²) in [5.41, 5.74) is -0.784. The number of carbonyl (C=O) groups excluding carboxylic acids is 1. The first-order chi connectivity index (χ1) is 13.5. The number of Topliss-reactive ketones (excluding diaryl/α,β-unsaturated/α-hetero) is 1. The average Bonchev–Trinajstić information content (AvgIpc) is 2.66. The van der Waals surface area contributed by atoms with Crippen molar-refractivity contribution in [3.8, 4) is 11.1 Å². The van der Waals surface area contributed by atoms with Gasteiger partial charge in [-0.05, 0) is 42.3 Å². The highest BCUT2D eigenvalue weighted by Crippen LogP contribution is 2.37. The van der Waals surface area contributed by atoms with Crippen molar-refractivity contribution >= 4 is 22.5 Å². The molecule has 29 heavy (non-hydrogen) atoms. The number of carboxylic acids is 1. The fourth-order valence-electron chi connectivity index (χ4n) is 3.21. The second kappa shape index (κ2) is 7.35. The minimum absolute atomic E-state index is 0.228. The number of hydrogen-bond acceptors (Lipinski definition) is 2. The van der Waals surface area contributed by atoms with E-state index in [1.165, 1.54) is 26.0 Å². The predicted molar refractivity (Wildman–Crippen MR) is 105 cm³/mol. The van der Waals surface area contributed by atoms with Crippen LogP contribution in [0, 0.1) is 5.41 Å². The molecule has 0 aliphatic rings. The number of rotatable bonds is 5. The van der Waals surface area contributed by atoms with Crippen LogP contribution < -0.4 is 0 Å². The largest absolute Gasteiger partial charge is 0.481 e. The minimum Gasteiger partial charge on any atom is -0.481 e. The summed E-state index contributed by atoms with van der Waals surface area (Å²) in [6.45, 7) is 2.93. The van der Waals surface area contributed by atoms with Crippen molar-refractivity contribution in [2.45, 2.75) is 26.4 Å². The SMILES string of the molecule is CC(C)(CC(=O)c1ccc2ccccc2c1-c1ccc(C(F)(F)F)cc1)C(=O)O. The van der Waals surface area contributed by atoms with Crippen molar-refractivity contribution in [3.05, 3.63) is 71.8 Å². The lowest BCUT2D eigenvalue weighted by Gasteiger charge is -2.20. The average molecular weight is 400 g/mol. The van der Waals surface area contributed by atoms with E-state index in [4.69, 9.17) is 0 Å². The second-order valence-electron chi connectivity index (χ2n) is 7.57. The molecule has 0 aromatic heterocycles. The fourth-order valence-corrected chi connectivity index (χ4v) is 3.21. The molecule has 0 bridgehead atoms. The van der Waals surface area contributed by atoms with Gasteiger partial charge < -0.3 is 5.11 Å². The van der Waals surface area contributed by atoms with E-state index in [1.807, 2.05) is 12.1 Å². The Kier molecular flexibility index (Phi) is 5.22. The standard InChI is InChI=1S/C23H19F3O3/c1-22(2,21(28)29)13-19(27)18-12-9-14-5-3-4-6-17(14)20(18)15-7-10-16(11-8-15)23(24,25)26/h3-12H,13H2,1-2H3,(H,28,29).